The third kappa shape index (κ3) is 2.63. The average molecular weight is 239 g/mol. The summed E-state index contributed by atoms with van der Waals surface area (Å²) >= 11 is 0. The maximum atomic E-state index is 12.6. The molecule has 0 spiro atoms. The first kappa shape index (κ1) is 12.8. The first-order valence-electron chi connectivity index (χ1n) is 6.81. The van der Waals surface area contributed by atoms with Crippen LogP contribution in [0.5, 0.6) is 0 Å². The van der Waals surface area contributed by atoms with Crippen LogP contribution in [0.4, 0.5) is 0 Å². The van der Waals surface area contributed by atoms with Gasteiger partial charge in [-0.05, 0) is 39.8 Å². The second-order valence-electron chi connectivity index (χ2n) is 5.83. The SMILES string of the molecule is CC1CN(C)CCCN1C(=O)C1(N)CCCC1. The summed E-state index contributed by atoms with van der Waals surface area (Å²) in [6.45, 7) is 5.04. The van der Waals surface area contributed by atoms with Crippen LogP contribution < -0.4 is 5.73 Å². The van der Waals surface area contributed by atoms with E-state index in [-0.39, 0.29) is 11.9 Å². The summed E-state index contributed by atoms with van der Waals surface area (Å²) in [5, 5.41) is 0. The monoisotopic (exact) mass is 239 g/mol. The molecule has 2 N–H and O–H groups in total. The van der Waals surface area contributed by atoms with E-state index in [0.717, 1.165) is 51.7 Å². The Morgan fingerprint density at radius 1 is 1.24 bits per heavy atom. The van der Waals surface area contributed by atoms with E-state index >= 15 is 0 Å². The fourth-order valence-corrected chi connectivity index (χ4v) is 3.18. The zero-order valence-electron chi connectivity index (χ0n) is 11.1. The lowest BCUT2D eigenvalue weighted by Gasteiger charge is -2.34. The molecule has 1 amide bonds. The summed E-state index contributed by atoms with van der Waals surface area (Å²) in [6, 6.07) is 0.288. The molecule has 17 heavy (non-hydrogen) atoms. The number of likely N-dealkylation sites (N-methyl/N-ethyl adjacent to an activating group) is 1. The lowest BCUT2D eigenvalue weighted by molar-refractivity contribution is -0.138. The fourth-order valence-electron chi connectivity index (χ4n) is 3.18. The first-order valence-corrected chi connectivity index (χ1v) is 6.81. The van der Waals surface area contributed by atoms with Crippen molar-refractivity contribution < 1.29 is 4.79 Å². The molecule has 0 aromatic carbocycles. The van der Waals surface area contributed by atoms with Crippen LogP contribution in [-0.4, -0.2) is 54.0 Å². The molecule has 1 saturated heterocycles. The summed E-state index contributed by atoms with van der Waals surface area (Å²) in [4.78, 5) is 16.9. The average Bonchev–Trinajstić information content (AvgIpc) is 2.64. The van der Waals surface area contributed by atoms with Gasteiger partial charge in [0.2, 0.25) is 5.91 Å². The summed E-state index contributed by atoms with van der Waals surface area (Å²) in [5.74, 6) is 0.192. The van der Waals surface area contributed by atoms with Gasteiger partial charge >= 0.3 is 0 Å². The van der Waals surface area contributed by atoms with Crippen molar-refractivity contribution in [3.8, 4) is 0 Å². The Hall–Kier alpha value is -0.610. The normalized spacial score (nSPS) is 30.3. The van der Waals surface area contributed by atoms with Gasteiger partial charge in [-0.2, -0.15) is 0 Å². The second-order valence-corrected chi connectivity index (χ2v) is 5.83. The smallest absolute Gasteiger partial charge is 0.242 e. The topological polar surface area (TPSA) is 49.6 Å². The largest absolute Gasteiger partial charge is 0.337 e. The molecule has 0 radical (unpaired) electrons. The van der Waals surface area contributed by atoms with E-state index < -0.39 is 5.54 Å². The fraction of sp³-hybridized carbons (Fsp3) is 0.923. The van der Waals surface area contributed by atoms with Gasteiger partial charge in [-0.1, -0.05) is 12.8 Å². The Balaban J connectivity index is 2.07. The summed E-state index contributed by atoms with van der Waals surface area (Å²) in [5.41, 5.74) is 5.72. The Morgan fingerprint density at radius 2 is 1.88 bits per heavy atom. The highest BCUT2D eigenvalue weighted by atomic mass is 16.2. The van der Waals surface area contributed by atoms with E-state index in [1.807, 2.05) is 4.90 Å². The lowest BCUT2D eigenvalue weighted by atomic mass is 9.96. The molecule has 1 aliphatic carbocycles. The van der Waals surface area contributed by atoms with E-state index in [4.69, 9.17) is 5.73 Å². The molecule has 2 aliphatic rings. The Bertz CT molecular complexity index is 286. The van der Waals surface area contributed by atoms with Crippen LogP contribution in [0.2, 0.25) is 0 Å². The highest BCUT2D eigenvalue weighted by molar-refractivity contribution is 5.86. The van der Waals surface area contributed by atoms with Gasteiger partial charge in [-0.3, -0.25) is 4.79 Å². The second kappa shape index (κ2) is 4.94. The predicted molar refractivity (Wildman–Crippen MR) is 68.7 cm³/mol. The van der Waals surface area contributed by atoms with Crippen LogP contribution in [0, 0.1) is 0 Å². The van der Waals surface area contributed by atoms with Crippen molar-refractivity contribution in [3.05, 3.63) is 0 Å². The van der Waals surface area contributed by atoms with E-state index in [0.29, 0.717) is 0 Å². The minimum absolute atomic E-state index is 0.192. The zero-order chi connectivity index (χ0) is 12.5. The van der Waals surface area contributed by atoms with Crippen molar-refractivity contribution in [3.63, 3.8) is 0 Å². The van der Waals surface area contributed by atoms with Gasteiger partial charge in [0.15, 0.2) is 0 Å². The third-order valence-electron chi connectivity index (χ3n) is 4.23. The summed E-state index contributed by atoms with van der Waals surface area (Å²) in [7, 11) is 2.12. The number of hydrogen-bond acceptors (Lipinski definition) is 3. The molecule has 1 unspecified atom stereocenters. The number of carbonyl (C=O) groups is 1. The van der Waals surface area contributed by atoms with Crippen molar-refractivity contribution >= 4 is 5.91 Å². The number of hydrogen-bond donors (Lipinski definition) is 1. The third-order valence-corrected chi connectivity index (χ3v) is 4.23. The maximum Gasteiger partial charge on any atom is 0.242 e. The first-order chi connectivity index (χ1) is 8.03. The molecule has 98 valence electrons. The van der Waals surface area contributed by atoms with Crippen molar-refractivity contribution in [1.29, 1.82) is 0 Å². The molecular weight excluding hydrogens is 214 g/mol. The van der Waals surface area contributed by atoms with Crippen LogP contribution in [-0.2, 0) is 4.79 Å². The molecule has 4 nitrogen and oxygen atoms in total. The number of carbonyl (C=O) groups excluding carboxylic acids is 1. The quantitative estimate of drug-likeness (QED) is 0.737. The van der Waals surface area contributed by atoms with Crippen LogP contribution in [0.1, 0.15) is 39.0 Å². The number of amides is 1. The highest BCUT2D eigenvalue weighted by Crippen LogP contribution is 2.30. The van der Waals surface area contributed by atoms with E-state index in [2.05, 4.69) is 18.9 Å². The van der Waals surface area contributed by atoms with Gasteiger partial charge in [-0.15, -0.1) is 0 Å². The van der Waals surface area contributed by atoms with Crippen LogP contribution >= 0.6 is 0 Å². The molecule has 1 aliphatic heterocycles. The maximum absolute atomic E-state index is 12.6. The highest BCUT2D eigenvalue weighted by Gasteiger charge is 2.41. The van der Waals surface area contributed by atoms with Gasteiger partial charge in [0.25, 0.3) is 0 Å². The van der Waals surface area contributed by atoms with E-state index in [1.165, 1.54) is 0 Å². The molecule has 0 aromatic heterocycles. The van der Waals surface area contributed by atoms with Crippen molar-refractivity contribution in [2.24, 2.45) is 5.73 Å². The Labute approximate surface area is 104 Å². The minimum Gasteiger partial charge on any atom is -0.337 e. The van der Waals surface area contributed by atoms with Gasteiger partial charge in [-0.25, -0.2) is 0 Å². The van der Waals surface area contributed by atoms with Crippen LogP contribution in [0.15, 0.2) is 0 Å². The van der Waals surface area contributed by atoms with Crippen molar-refractivity contribution in [2.75, 3.05) is 26.7 Å². The predicted octanol–water partition coefficient (Wildman–Crippen LogP) is 0.811. The molecule has 1 atom stereocenters. The molecule has 0 aromatic rings. The van der Waals surface area contributed by atoms with Crippen molar-refractivity contribution in [1.82, 2.24) is 9.80 Å². The Morgan fingerprint density at radius 3 is 2.53 bits per heavy atom. The zero-order valence-corrected chi connectivity index (χ0v) is 11.1. The number of nitrogens with zero attached hydrogens (tertiary/aromatic N) is 2. The van der Waals surface area contributed by atoms with Gasteiger partial charge < -0.3 is 15.5 Å². The molecule has 4 heteroatoms. The Kier molecular flexibility index (Phi) is 3.73. The lowest BCUT2D eigenvalue weighted by Crippen LogP contribution is -2.56. The van der Waals surface area contributed by atoms with E-state index in [1.54, 1.807) is 0 Å². The minimum atomic E-state index is -0.558. The van der Waals surface area contributed by atoms with E-state index in [9.17, 15) is 4.79 Å². The molecule has 2 fully saturated rings. The van der Waals surface area contributed by atoms with Gasteiger partial charge in [0.05, 0.1) is 5.54 Å². The number of rotatable bonds is 1. The summed E-state index contributed by atoms with van der Waals surface area (Å²) in [6.07, 6.45) is 4.99. The molecule has 1 saturated carbocycles. The molecular formula is C13H25N3O. The molecule has 2 rings (SSSR count). The van der Waals surface area contributed by atoms with Gasteiger partial charge in [0.1, 0.15) is 0 Å². The van der Waals surface area contributed by atoms with Gasteiger partial charge in [0, 0.05) is 19.1 Å². The standard InChI is InChI=1S/C13H25N3O/c1-11-10-15(2)8-5-9-16(11)12(17)13(14)6-3-4-7-13/h11H,3-10,14H2,1-2H3. The molecule has 0 bridgehead atoms. The molecule has 1 heterocycles. The van der Waals surface area contributed by atoms with Crippen LogP contribution in [0.3, 0.4) is 0 Å². The van der Waals surface area contributed by atoms with Crippen molar-refractivity contribution in [2.45, 2.75) is 50.6 Å². The number of nitrogens with two attached hydrogens (primary N) is 1. The summed E-state index contributed by atoms with van der Waals surface area (Å²) < 4.78 is 0. The van der Waals surface area contributed by atoms with Crippen LogP contribution in [0.25, 0.3) is 0 Å².